The van der Waals surface area contributed by atoms with Gasteiger partial charge in [0.15, 0.2) is 5.78 Å². The minimum atomic E-state index is -3.49. The third kappa shape index (κ3) is 11.5. The van der Waals surface area contributed by atoms with E-state index in [4.69, 9.17) is 4.43 Å². The first-order chi connectivity index (χ1) is 28.8. The van der Waals surface area contributed by atoms with Crippen LogP contribution in [0.25, 0.3) is 0 Å². The van der Waals surface area contributed by atoms with Crippen molar-refractivity contribution in [3.8, 4) is 0 Å². The van der Waals surface area contributed by atoms with E-state index in [0.717, 1.165) is 16.6 Å². The Hall–Kier alpha value is -4.86. The molecular formula is C46H63N5O8SSi. The summed E-state index contributed by atoms with van der Waals surface area (Å²) < 4.78 is 32.8. The minimum absolute atomic E-state index is 0.0000271. The predicted molar refractivity (Wildman–Crippen MR) is 240 cm³/mol. The molecule has 2 aliphatic rings. The molecule has 2 heterocycles. The molecule has 0 unspecified atom stereocenters. The van der Waals surface area contributed by atoms with Crippen molar-refractivity contribution in [2.24, 2.45) is 0 Å². The molecule has 0 radical (unpaired) electrons. The van der Waals surface area contributed by atoms with Crippen LogP contribution in [-0.4, -0.2) is 93.6 Å². The van der Waals surface area contributed by atoms with Gasteiger partial charge in [-0.3, -0.25) is 28.7 Å². The summed E-state index contributed by atoms with van der Waals surface area (Å²) in [7, 11) is -6.42. The van der Waals surface area contributed by atoms with Crippen molar-refractivity contribution in [1.29, 1.82) is 0 Å². The molecule has 5 atom stereocenters. The van der Waals surface area contributed by atoms with Gasteiger partial charge in [0.1, 0.15) is 29.8 Å². The molecule has 15 heteroatoms. The fourth-order valence-corrected chi connectivity index (χ4v) is 13.7. The van der Waals surface area contributed by atoms with Gasteiger partial charge in [-0.1, -0.05) is 113 Å². The Labute approximate surface area is 362 Å². The summed E-state index contributed by atoms with van der Waals surface area (Å²) in [5.74, 6) is -1.88. The van der Waals surface area contributed by atoms with E-state index in [0.29, 0.717) is 56.3 Å². The van der Waals surface area contributed by atoms with Gasteiger partial charge in [0.2, 0.25) is 33.7 Å². The van der Waals surface area contributed by atoms with E-state index in [9.17, 15) is 32.4 Å². The second-order valence-corrected chi connectivity index (χ2v) is 23.7. The van der Waals surface area contributed by atoms with Gasteiger partial charge in [-0.05, 0) is 79.1 Å². The summed E-state index contributed by atoms with van der Waals surface area (Å²) in [5, 5.41) is 10.6. The molecule has 0 aliphatic carbocycles. The SMILES string of the molecule is CC[C@]1(C)NC(=O)[C@H](CCCCCC(=O)[C@@H](C)O[Si](c2ccccc2)(c2ccccc2)C(C)(C)C)NC(=O)[C@H]2CCCN2C(=O)[C@H](Cc2ccc(NS(C)(=O)=O)cc2)NC1=O. The number of sulfonamides is 1. The molecule has 13 nitrogen and oxygen atoms in total. The van der Waals surface area contributed by atoms with Gasteiger partial charge in [0, 0.05) is 25.1 Å². The molecule has 330 valence electrons. The van der Waals surface area contributed by atoms with E-state index in [2.05, 4.69) is 65.7 Å². The Balaban J connectivity index is 1.25. The van der Waals surface area contributed by atoms with E-state index in [1.807, 2.05) is 43.3 Å². The minimum Gasteiger partial charge on any atom is -0.398 e. The van der Waals surface area contributed by atoms with E-state index >= 15 is 0 Å². The van der Waals surface area contributed by atoms with Crippen LogP contribution in [0.4, 0.5) is 5.69 Å². The maximum atomic E-state index is 14.2. The molecule has 3 aromatic carbocycles. The number of unbranched alkanes of at least 4 members (excludes halogenated alkanes) is 2. The van der Waals surface area contributed by atoms with Crippen molar-refractivity contribution < 1.29 is 36.8 Å². The third-order valence-electron chi connectivity index (χ3n) is 12.0. The van der Waals surface area contributed by atoms with Crippen LogP contribution < -0.4 is 31.0 Å². The fourth-order valence-electron chi connectivity index (χ4n) is 8.43. The topological polar surface area (TPSA) is 180 Å². The highest BCUT2D eigenvalue weighted by Gasteiger charge is 2.51. The van der Waals surface area contributed by atoms with Crippen LogP contribution in [0.1, 0.15) is 98.5 Å². The number of carbonyl (C=O) groups is 5. The van der Waals surface area contributed by atoms with Gasteiger partial charge in [-0.2, -0.15) is 0 Å². The largest absolute Gasteiger partial charge is 0.398 e. The summed E-state index contributed by atoms with van der Waals surface area (Å²) in [6.45, 7) is 12.0. The van der Waals surface area contributed by atoms with E-state index < -0.39 is 71.7 Å². The van der Waals surface area contributed by atoms with E-state index in [-0.39, 0.29) is 30.1 Å². The first kappa shape index (κ1) is 47.2. The first-order valence-corrected chi connectivity index (χ1v) is 25.2. The average Bonchev–Trinajstić information content (AvgIpc) is 3.72. The third-order valence-corrected chi connectivity index (χ3v) is 17.7. The Bertz CT molecular complexity index is 2090. The van der Waals surface area contributed by atoms with Crippen LogP contribution in [0.3, 0.4) is 0 Å². The zero-order valence-corrected chi connectivity index (χ0v) is 38.4. The van der Waals surface area contributed by atoms with Crippen molar-refractivity contribution in [1.82, 2.24) is 20.9 Å². The van der Waals surface area contributed by atoms with Gasteiger partial charge in [0.05, 0.1) is 6.26 Å². The molecule has 2 saturated heterocycles. The lowest BCUT2D eigenvalue weighted by atomic mass is 9.94. The van der Waals surface area contributed by atoms with Gasteiger partial charge < -0.3 is 25.3 Å². The van der Waals surface area contributed by atoms with Crippen LogP contribution in [0.15, 0.2) is 84.9 Å². The Morgan fingerprint density at radius 2 is 1.49 bits per heavy atom. The molecule has 0 aromatic heterocycles. The molecule has 2 fully saturated rings. The van der Waals surface area contributed by atoms with Crippen LogP contribution in [-0.2, 0) is 44.8 Å². The number of rotatable bonds is 16. The zero-order valence-electron chi connectivity index (χ0n) is 36.6. The van der Waals surface area contributed by atoms with Gasteiger partial charge in [-0.25, -0.2) is 8.42 Å². The molecular weight excluding hydrogens is 811 g/mol. The van der Waals surface area contributed by atoms with Crippen LogP contribution in [0.5, 0.6) is 0 Å². The summed E-state index contributed by atoms with van der Waals surface area (Å²) in [4.78, 5) is 71.2. The number of ketones is 1. The van der Waals surface area contributed by atoms with E-state index in [1.54, 1.807) is 38.1 Å². The predicted octanol–water partition coefficient (Wildman–Crippen LogP) is 4.34. The molecule has 4 N–H and O–H groups in total. The number of benzene rings is 3. The number of anilines is 1. The lowest BCUT2D eigenvalue weighted by Gasteiger charge is -2.44. The number of amides is 4. The molecule has 4 amide bonds. The average molecular weight is 874 g/mol. The molecule has 0 spiro atoms. The number of hydrogen-bond acceptors (Lipinski definition) is 8. The van der Waals surface area contributed by atoms with Crippen molar-refractivity contribution in [3.05, 3.63) is 90.5 Å². The smallest absolute Gasteiger partial charge is 0.262 e. The summed E-state index contributed by atoms with van der Waals surface area (Å²) >= 11 is 0. The monoisotopic (exact) mass is 873 g/mol. The zero-order chi connectivity index (χ0) is 44.6. The van der Waals surface area contributed by atoms with Gasteiger partial charge >= 0.3 is 0 Å². The second kappa shape index (κ2) is 19.9. The molecule has 5 rings (SSSR count). The van der Waals surface area contributed by atoms with Crippen molar-refractivity contribution in [2.45, 2.75) is 134 Å². The number of Topliss-reactive ketones (excluding diaryl/α,β-unsaturated/α-hetero) is 1. The van der Waals surface area contributed by atoms with E-state index in [1.165, 1.54) is 4.90 Å². The normalized spacial score (nSPS) is 22.2. The summed E-state index contributed by atoms with van der Waals surface area (Å²) in [6.07, 6.45) is 3.94. The Morgan fingerprint density at radius 3 is 2.05 bits per heavy atom. The highest BCUT2D eigenvalue weighted by molar-refractivity contribution is 7.92. The van der Waals surface area contributed by atoms with Crippen LogP contribution in [0.2, 0.25) is 5.04 Å². The quantitative estimate of drug-likeness (QED) is 0.121. The standard InChI is InChI=1S/C46H63N5O8SSi/c1-8-46(6)44(56)48-38(31-33-26-28-34(29-27-33)50-60(7,57)58)43(55)51-30-18-24-39(51)42(54)47-37(41(53)49-46)23-16-11-17-25-40(52)32(2)59-61(45(3,4)5,35-19-12-9-13-20-35)36-21-14-10-15-22-36/h9-10,12-15,19-22,26-29,32,37-39,50H,8,11,16-18,23-25,30-31H2,1-7H3,(H,47,54)(H,48,56)(H,49,53)/t32-,37+,38+,39-,46+/m1/s1. The summed E-state index contributed by atoms with van der Waals surface area (Å²) in [6, 6.07) is 24.1. The maximum absolute atomic E-state index is 14.2. The highest BCUT2D eigenvalue weighted by Crippen LogP contribution is 2.38. The molecule has 0 saturated carbocycles. The van der Waals surface area contributed by atoms with Crippen LogP contribution >= 0.6 is 0 Å². The van der Waals surface area contributed by atoms with Gasteiger partial charge in [0.25, 0.3) is 8.32 Å². The molecule has 2 aliphatic heterocycles. The number of nitrogens with zero attached hydrogens (tertiary/aromatic N) is 1. The summed E-state index contributed by atoms with van der Waals surface area (Å²) in [5.41, 5.74) is -0.387. The Morgan fingerprint density at radius 1 is 0.885 bits per heavy atom. The lowest BCUT2D eigenvalue weighted by Crippen LogP contribution is -2.68. The second-order valence-electron chi connectivity index (χ2n) is 17.7. The molecule has 3 aromatic rings. The number of fused-ring (bicyclic) bond motifs is 1. The fraction of sp³-hybridized carbons (Fsp3) is 0.500. The maximum Gasteiger partial charge on any atom is 0.262 e. The molecule has 0 bridgehead atoms. The Kier molecular flexibility index (Phi) is 15.4. The number of nitrogens with one attached hydrogen (secondary N) is 4. The first-order valence-electron chi connectivity index (χ1n) is 21.4. The highest BCUT2D eigenvalue weighted by atomic mass is 32.2. The van der Waals surface area contributed by atoms with Crippen molar-refractivity contribution in [2.75, 3.05) is 17.5 Å². The van der Waals surface area contributed by atoms with Gasteiger partial charge in [-0.15, -0.1) is 0 Å². The van der Waals surface area contributed by atoms with Crippen molar-refractivity contribution in [3.63, 3.8) is 0 Å². The van der Waals surface area contributed by atoms with Crippen LogP contribution in [0, 0.1) is 0 Å². The lowest BCUT2D eigenvalue weighted by molar-refractivity contribution is -0.144. The molecule has 61 heavy (non-hydrogen) atoms. The van der Waals surface area contributed by atoms with Crippen molar-refractivity contribution >= 4 is 63.8 Å². The number of hydrogen-bond donors (Lipinski definition) is 4. The number of carbonyl (C=O) groups excluding carboxylic acids is 5.